The number of carbonyl (C=O) groups excluding carboxylic acids is 1. The Morgan fingerprint density at radius 2 is 1.92 bits per heavy atom. The van der Waals surface area contributed by atoms with Gasteiger partial charge in [-0.05, 0) is 11.6 Å². The molecule has 25 heavy (non-hydrogen) atoms. The molecule has 5 heteroatoms. The number of hydrogen-bond acceptors (Lipinski definition) is 3. The molecule has 0 fully saturated rings. The summed E-state index contributed by atoms with van der Waals surface area (Å²) >= 11 is 0. The lowest BCUT2D eigenvalue weighted by Crippen LogP contribution is -2.36. The zero-order valence-corrected chi connectivity index (χ0v) is 14.2. The lowest BCUT2D eigenvalue weighted by molar-refractivity contribution is -0.133. The number of halogens is 1. The number of amides is 1. The Labute approximate surface area is 146 Å². The summed E-state index contributed by atoms with van der Waals surface area (Å²) < 4.78 is 13.9. The Bertz CT molecular complexity index is 761. The van der Waals surface area contributed by atoms with Crippen LogP contribution < -0.4 is 0 Å². The molecule has 1 aliphatic heterocycles. The number of oxime groups is 1. The van der Waals surface area contributed by atoms with E-state index in [-0.39, 0.29) is 17.8 Å². The van der Waals surface area contributed by atoms with Crippen LogP contribution in [-0.4, -0.2) is 29.2 Å². The van der Waals surface area contributed by atoms with Gasteiger partial charge in [-0.1, -0.05) is 60.6 Å². The predicted molar refractivity (Wildman–Crippen MR) is 94.6 cm³/mol. The molecule has 0 aliphatic carbocycles. The topological polar surface area (TPSA) is 41.9 Å². The van der Waals surface area contributed by atoms with Crippen LogP contribution in [0.5, 0.6) is 0 Å². The summed E-state index contributed by atoms with van der Waals surface area (Å²) in [5.74, 6) is -0.247. The Hall–Kier alpha value is -2.69. The molecule has 0 spiro atoms. The van der Waals surface area contributed by atoms with Crippen molar-refractivity contribution in [3.8, 4) is 0 Å². The lowest BCUT2D eigenvalue weighted by Gasteiger charge is -2.24. The summed E-state index contributed by atoms with van der Waals surface area (Å²) in [6, 6.07) is 16.4. The average Bonchev–Trinajstić information content (AvgIpc) is 3.10. The van der Waals surface area contributed by atoms with E-state index in [1.54, 1.807) is 23.1 Å². The van der Waals surface area contributed by atoms with Crippen LogP contribution in [0.1, 0.15) is 30.9 Å². The van der Waals surface area contributed by atoms with Gasteiger partial charge >= 0.3 is 0 Å². The molecule has 1 unspecified atom stereocenters. The SMILES string of the molecule is CCC(=O)N(Cc1ccccc1)CC1CC(c2ccccc2F)=NO1. The lowest BCUT2D eigenvalue weighted by atomic mass is 10.0. The third kappa shape index (κ3) is 4.24. The van der Waals surface area contributed by atoms with Crippen LogP contribution in [0.2, 0.25) is 0 Å². The third-order valence-electron chi connectivity index (χ3n) is 4.21. The van der Waals surface area contributed by atoms with Gasteiger partial charge in [0.2, 0.25) is 5.91 Å². The van der Waals surface area contributed by atoms with E-state index >= 15 is 0 Å². The summed E-state index contributed by atoms with van der Waals surface area (Å²) in [6.45, 7) is 2.81. The second-order valence-corrected chi connectivity index (χ2v) is 6.06. The Morgan fingerprint density at radius 3 is 2.64 bits per heavy atom. The summed E-state index contributed by atoms with van der Waals surface area (Å²) in [7, 11) is 0. The zero-order valence-electron chi connectivity index (χ0n) is 14.2. The normalized spacial score (nSPS) is 16.2. The maximum Gasteiger partial charge on any atom is 0.222 e. The van der Waals surface area contributed by atoms with E-state index in [1.807, 2.05) is 37.3 Å². The van der Waals surface area contributed by atoms with Crippen molar-refractivity contribution in [3.63, 3.8) is 0 Å². The van der Waals surface area contributed by atoms with Crippen molar-refractivity contribution in [1.29, 1.82) is 0 Å². The largest absolute Gasteiger partial charge is 0.390 e. The Balaban J connectivity index is 1.66. The van der Waals surface area contributed by atoms with Crippen molar-refractivity contribution in [2.24, 2.45) is 5.16 Å². The maximum absolute atomic E-state index is 13.9. The van der Waals surface area contributed by atoms with Gasteiger partial charge in [-0.15, -0.1) is 0 Å². The molecule has 0 saturated carbocycles. The highest BCUT2D eigenvalue weighted by Gasteiger charge is 2.27. The molecular weight excluding hydrogens is 319 g/mol. The van der Waals surface area contributed by atoms with Gasteiger partial charge in [0.25, 0.3) is 0 Å². The average molecular weight is 340 g/mol. The first-order valence-corrected chi connectivity index (χ1v) is 8.46. The molecular formula is C20H21FN2O2. The highest BCUT2D eigenvalue weighted by molar-refractivity contribution is 6.01. The van der Waals surface area contributed by atoms with E-state index in [1.165, 1.54) is 6.07 Å². The van der Waals surface area contributed by atoms with E-state index in [4.69, 9.17) is 4.84 Å². The first kappa shape index (κ1) is 17.1. The molecule has 2 aromatic rings. The maximum atomic E-state index is 13.9. The molecule has 130 valence electrons. The first-order chi connectivity index (χ1) is 12.2. The molecule has 0 radical (unpaired) electrons. The van der Waals surface area contributed by atoms with Crippen molar-refractivity contribution >= 4 is 11.6 Å². The highest BCUT2D eigenvalue weighted by atomic mass is 19.1. The minimum Gasteiger partial charge on any atom is -0.390 e. The number of benzene rings is 2. The van der Waals surface area contributed by atoms with Crippen molar-refractivity contribution in [2.75, 3.05) is 6.54 Å². The minimum atomic E-state index is -0.309. The van der Waals surface area contributed by atoms with Gasteiger partial charge in [-0.25, -0.2) is 4.39 Å². The standard InChI is InChI=1S/C20H21FN2O2/c1-2-20(24)23(13-15-8-4-3-5-9-15)14-16-12-19(22-25-16)17-10-6-7-11-18(17)21/h3-11,16H,2,12-14H2,1H3. The molecule has 0 N–H and O–H groups in total. The molecule has 1 atom stereocenters. The predicted octanol–water partition coefficient (Wildman–Crippen LogP) is 3.76. The van der Waals surface area contributed by atoms with E-state index in [0.717, 1.165) is 5.56 Å². The second kappa shape index (κ2) is 7.92. The first-order valence-electron chi connectivity index (χ1n) is 8.46. The fraction of sp³-hybridized carbons (Fsp3) is 0.300. The van der Waals surface area contributed by atoms with E-state index in [9.17, 15) is 9.18 Å². The Kier molecular flexibility index (Phi) is 5.43. The fourth-order valence-electron chi connectivity index (χ4n) is 2.91. The molecule has 3 rings (SSSR count). The van der Waals surface area contributed by atoms with Crippen molar-refractivity contribution in [3.05, 3.63) is 71.5 Å². The summed E-state index contributed by atoms with van der Waals surface area (Å²) in [5.41, 5.74) is 2.12. The molecule has 1 aliphatic rings. The van der Waals surface area contributed by atoms with Crippen LogP contribution in [-0.2, 0) is 16.2 Å². The summed E-state index contributed by atoms with van der Waals surface area (Å²) in [5, 5.41) is 4.03. The van der Waals surface area contributed by atoms with Crippen LogP contribution in [0.15, 0.2) is 59.8 Å². The van der Waals surface area contributed by atoms with Gasteiger partial charge in [0, 0.05) is 24.9 Å². The van der Waals surface area contributed by atoms with Crippen LogP contribution in [0.25, 0.3) is 0 Å². The van der Waals surface area contributed by atoms with E-state index in [2.05, 4.69) is 5.16 Å². The molecule has 1 amide bonds. The van der Waals surface area contributed by atoms with Gasteiger partial charge in [0.1, 0.15) is 5.82 Å². The monoisotopic (exact) mass is 340 g/mol. The van der Waals surface area contributed by atoms with Gasteiger partial charge in [-0.2, -0.15) is 0 Å². The third-order valence-corrected chi connectivity index (χ3v) is 4.21. The van der Waals surface area contributed by atoms with Crippen molar-refractivity contribution < 1.29 is 14.0 Å². The second-order valence-electron chi connectivity index (χ2n) is 6.06. The molecule has 2 aromatic carbocycles. The summed E-state index contributed by atoms with van der Waals surface area (Å²) in [6.07, 6.45) is 0.665. The quantitative estimate of drug-likeness (QED) is 0.803. The number of carbonyl (C=O) groups is 1. The van der Waals surface area contributed by atoms with Crippen LogP contribution in [0, 0.1) is 5.82 Å². The van der Waals surface area contributed by atoms with Gasteiger partial charge < -0.3 is 9.74 Å². The molecule has 0 bridgehead atoms. The Morgan fingerprint density at radius 1 is 1.20 bits per heavy atom. The van der Waals surface area contributed by atoms with Crippen molar-refractivity contribution in [2.45, 2.75) is 32.4 Å². The molecule has 4 nitrogen and oxygen atoms in total. The molecule has 0 aromatic heterocycles. The van der Waals surface area contributed by atoms with Gasteiger partial charge in [0.15, 0.2) is 6.10 Å². The molecule has 0 saturated heterocycles. The minimum absolute atomic E-state index is 0.0618. The van der Waals surface area contributed by atoms with Crippen molar-refractivity contribution in [1.82, 2.24) is 4.90 Å². The van der Waals surface area contributed by atoms with Gasteiger partial charge in [0.05, 0.1) is 12.3 Å². The number of hydrogen-bond donors (Lipinski definition) is 0. The van der Waals surface area contributed by atoms with Crippen LogP contribution >= 0.6 is 0 Å². The smallest absolute Gasteiger partial charge is 0.222 e. The molecule has 1 heterocycles. The highest BCUT2D eigenvalue weighted by Crippen LogP contribution is 2.20. The van der Waals surface area contributed by atoms with E-state index in [0.29, 0.717) is 37.2 Å². The fourth-order valence-corrected chi connectivity index (χ4v) is 2.91. The van der Waals surface area contributed by atoms with Gasteiger partial charge in [-0.3, -0.25) is 4.79 Å². The zero-order chi connectivity index (χ0) is 17.6. The number of nitrogens with zero attached hydrogens (tertiary/aromatic N) is 2. The number of rotatable bonds is 6. The van der Waals surface area contributed by atoms with Crippen LogP contribution in [0.3, 0.4) is 0 Å². The van der Waals surface area contributed by atoms with E-state index < -0.39 is 0 Å². The van der Waals surface area contributed by atoms with Crippen LogP contribution in [0.4, 0.5) is 4.39 Å². The summed E-state index contributed by atoms with van der Waals surface area (Å²) in [4.78, 5) is 19.5.